The van der Waals surface area contributed by atoms with Gasteiger partial charge in [0.05, 0.1) is 18.1 Å². The lowest BCUT2D eigenvalue weighted by atomic mass is 10.1. The molecule has 1 saturated carbocycles. The van der Waals surface area contributed by atoms with Crippen LogP contribution in [0.5, 0.6) is 0 Å². The highest BCUT2D eigenvalue weighted by Crippen LogP contribution is 2.34. The summed E-state index contributed by atoms with van der Waals surface area (Å²) in [5.41, 5.74) is 5.12. The lowest BCUT2D eigenvalue weighted by Gasteiger charge is -2.15. The topological polar surface area (TPSA) is 85.8 Å². The predicted octanol–water partition coefficient (Wildman–Crippen LogP) is 4.71. The van der Waals surface area contributed by atoms with Crippen molar-refractivity contribution in [3.8, 4) is 34.0 Å². The maximum atomic E-state index is 12.5. The Morgan fingerprint density at radius 3 is 2.58 bits per heavy atom. The first-order valence-electron chi connectivity index (χ1n) is 11.4. The average molecular weight is 442 g/mol. The fraction of sp³-hybridized carbons (Fsp3) is 0.308. The van der Waals surface area contributed by atoms with Gasteiger partial charge in [-0.2, -0.15) is 0 Å². The Morgan fingerprint density at radius 1 is 1.03 bits per heavy atom. The number of hydrogen-bond acceptors (Lipinski definition) is 6. The number of benzene rings is 1. The van der Waals surface area contributed by atoms with E-state index in [4.69, 9.17) is 9.51 Å². The van der Waals surface area contributed by atoms with E-state index in [0.717, 1.165) is 42.6 Å². The lowest BCUT2D eigenvalue weighted by Crippen LogP contribution is -2.22. The summed E-state index contributed by atoms with van der Waals surface area (Å²) in [5.74, 6) is 1.20. The molecule has 7 nitrogen and oxygen atoms in total. The van der Waals surface area contributed by atoms with Crippen molar-refractivity contribution in [3.05, 3.63) is 77.0 Å². The van der Waals surface area contributed by atoms with Gasteiger partial charge in [-0.05, 0) is 43.9 Å². The zero-order valence-electron chi connectivity index (χ0n) is 18.9. The van der Waals surface area contributed by atoms with Gasteiger partial charge in [0.1, 0.15) is 11.4 Å². The molecule has 4 aromatic rings. The Balaban J connectivity index is 1.42. The normalized spacial score (nSPS) is 18.0. The van der Waals surface area contributed by atoms with Crippen LogP contribution in [0, 0.1) is 5.92 Å². The van der Waals surface area contributed by atoms with E-state index < -0.39 is 0 Å². The van der Waals surface area contributed by atoms with E-state index in [0.29, 0.717) is 23.1 Å². The van der Waals surface area contributed by atoms with Crippen molar-refractivity contribution in [3.63, 3.8) is 0 Å². The molecule has 1 N–H and O–H groups in total. The van der Waals surface area contributed by atoms with Crippen LogP contribution in [0.3, 0.4) is 0 Å². The number of nitrogens with zero attached hydrogens (tertiary/aromatic N) is 4. The first-order valence-corrected chi connectivity index (χ1v) is 11.4. The molecule has 3 heterocycles. The minimum atomic E-state index is 0.0302. The molecule has 7 heteroatoms. The summed E-state index contributed by atoms with van der Waals surface area (Å²) in [6.45, 7) is 3.06. The number of aromatic nitrogens is 4. The monoisotopic (exact) mass is 441 g/mol. The van der Waals surface area contributed by atoms with Crippen LogP contribution in [-0.4, -0.2) is 26.7 Å². The van der Waals surface area contributed by atoms with Gasteiger partial charge in [-0.1, -0.05) is 36.3 Å². The van der Waals surface area contributed by atoms with Crippen molar-refractivity contribution >= 4 is 0 Å². The van der Waals surface area contributed by atoms with Crippen molar-refractivity contribution in [2.24, 2.45) is 5.92 Å². The molecule has 5 rings (SSSR count). The Labute approximate surface area is 192 Å². The van der Waals surface area contributed by atoms with Gasteiger partial charge in [-0.25, -0.2) is 4.98 Å². The predicted molar refractivity (Wildman–Crippen MR) is 127 cm³/mol. The molecular weight excluding hydrogens is 414 g/mol. The number of rotatable bonds is 6. The van der Waals surface area contributed by atoms with E-state index in [2.05, 4.69) is 34.5 Å². The maximum absolute atomic E-state index is 12.5. The molecule has 1 aliphatic rings. The van der Waals surface area contributed by atoms with Gasteiger partial charge in [0.2, 0.25) is 0 Å². The SMILES string of the molecule is CNCc1ccc(-c2cc(-c3cncc(-c4ccc(=O)n(C5CCC(C)C5)c4)n3)on2)cc1. The quantitative estimate of drug-likeness (QED) is 0.466. The largest absolute Gasteiger partial charge is 0.354 e. The molecule has 0 radical (unpaired) electrons. The third-order valence-electron chi connectivity index (χ3n) is 6.32. The third kappa shape index (κ3) is 4.50. The van der Waals surface area contributed by atoms with Crippen LogP contribution in [0.2, 0.25) is 0 Å². The number of nitrogens with one attached hydrogen (secondary N) is 1. The third-order valence-corrected chi connectivity index (χ3v) is 6.32. The van der Waals surface area contributed by atoms with E-state index in [1.807, 2.05) is 42.1 Å². The molecule has 0 bridgehead atoms. The molecule has 0 spiro atoms. The van der Waals surface area contributed by atoms with Crippen LogP contribution in [0.25, 0.3) is 34.0 Å². The Kier molecular flexibility index (Phi) is 5.88. The first-order chi connectivity index (χ1) is 16.1. The summed E-state index contributed by atoms with van der Waals surface area (Å²) >= 11 is 0. The lowest BCUT2D eigenvalue weighted by molar-refractivity contribution is 0.433. The van der Waals surface area contributed by atoms with Crippen molar-refractivity contribution < 1.29 is 4.52 Å². The maximum Gasteiger partial charge on any atom is 0.250 e. The van der Waals surface area contributed by atoms with Crippen LogP contribution in [0.1, 0.15) is 37.8 Å². The van der Waals surface area contributed by atoms with E-state index in [1.54, 1.807) is 18.5 Å². The van der Waals surface area contributed by atoms with Crippen molar-refractivity contribution in [1.29, 1.82) is 0 Å². The summed E-state index contributed by atoms with van der Waals surface area (Å²) in [6.07, 6.45) is 8.51. The van der Waals surface area contributed by atoms with E-state index in [-0.39, 0.29) is 11.6 Å². The van der Waals surface area contributed by atoms with Crippen LogP contribution >= 0.6 is 0 Å². The molecule has 1 aliphatic carbocycles. The van der Waals surface area contributed by atoms with E-state index >= 15 is 0 Å². The second kappa shape index (κ2) is 9.11. The summed E-state index contributed by atoms with van der Waals surface area (Å²) in [7, 11) is 1.93. The summed E-state index contributed by atoms with van der Waals surface area (Å²) in [6, 6.07) is 13.8. The van der Waals surface area contributed by atoms with Crippen molar-refractivity contribution in [2.75, 3.05) is 7.05 Å². The fourth-order valence-electron chi connectivity index (χ4n) is 4.52. The highest BCUT2D eigenvalue weighted by atomic mass is 16.5. The van der Waals surface area contributed by atoms with Gasteiger partial charge in [0.25, 0.3) is 5.56 Å². The van der Waals surface area contributed by atoms with Gasteiger partial charge < -0.3 is 14.4 Å². The van der Waals surface area contributed by atoms with Crippen LogP contribution in [0.15, 0.2) is 70.4 Å². The van der Waals surface area contributed by atoms with Gasteiger partial charge >= 0.3 is 0 Å². The molecule has 2 unspecified atom stereocenters. The Morgan fingerprint density at radius 2 is 1.82 bits per heavy atom. The summed E-state index contributed by atoms with van der Waals surface area (Å²) < 4.78 is 7.45. The first kappa shape index (κ1) is 21.3. The number of pyridine rings is 1. The molecule has 168 valence electrons. The summed E-state index contributed by atoms with van der Waals surface area (Å²) in [5, 5.41) is 7.37. The van der Waals surface area contributed by atoms with Gasteiger partial charge in [-0.3, -0.25) is 9.78 Å². The van der Waals surface area contributed by atoms with Crippen LogP contribution in [-0.2, 0) is 6.54 Å². The molecule has 2 atom stereocenters. The Bertz CT molecular complexity index is 1310. The molecule has 0 amide bonds. The van der Waals surface area contributed by atoms with Gasteiger partial charge in [0, 0.05) is 42.0 Å². The summed E-state index contributed by atoms with van der Waals surface area (Å²) in [4.78, 5) is 21.6. The van der Waals surface area contributed by atoms with Crippen LogP contribution < -0.4 is 10.9 Å². The Hall–Kier alpha value is -3.58. The highest BCUT2D eigenvalue weighted by Gasteiger charge is 2.23. The average Bonchev–Trinajstić information content (AvgIpc) is 3.50. The van der Waals surface area contributed by atoms with E-state index in [1.165, 1.54) is 5.56 Å². The van der Waals surface area contributed by atoms with Crippen molar-refractivity contribution in [2.45, 2.75) is 38.8 Å². The molecule has 33 heavy (non-hydrogen) atoms. The zero-order valence-corrected chi connectivity index (χ0v) is 18.9. The zero-order chi connectivity index (χ0) is 22.8. The second-order valence-electron chi connectivity index (χ2n) is 8.83. The molecular formula is C26H27N5O2. The van der Waals surface area contributed by atoms with Crippen molar-refractivity contribution in [1.82, 2.24) is 25.0 Å². The fourth-order valence-corrected chi connectivity index (χ4v) is 4.52. The standard InChI is InChI=1S/C26H27N5O2/c1-17-3-9-21(11-17)31-16-20(8-10-26(31)32)23-14-28-15-24(29-23)25-12-22(30-33-25)19-6-4-18(5-7-19)13-27-2/h4-8,10,12,14-17,21,27H,3,9,11,13H2,1-2H3. The molecule has 0 aliphatic heterocycles. The highest BCUT2D eigenvalue weighted by molar-refractivity contribution is 5.66. The van der Waals surface area contributed by atoms with E-state index in [9.17, 15) is 4.79 Å². The molecule has 1 aromatic carbocycles. The van der Waals surface area contributed by atoms with Crippen LogP contribution in [0.4, 0.5) is 0 Å². The minimum absolute atomic E-state index is 0.0302. The number of hydrogen-bond donors (Lipinski definition) is 1. The van der Waals surface area contributed by atoms with Gasteiger partial charge in [-0.15, -0.1) is 0 Å². The second-order valence-corrected chi connectivity index (χ2v) is 8.83. The van der Waals surface area contributed by atoms with Gasteiger partial charge in [0.15, 0.2) is 5.76 Å². The smallest absolute Gasteiger partial charge is 0.250 e. The molecule has 0 saturated heterocycles. The molecule has 3 aromatic heterocycles. The molecule has 1 fully saturated rings. The minimum Gasteiger partial charge on any atom is -0.354 e.